The lowest BCUT2D eigenvalue weighted by atomic mass is 10.1. The normalized spacial score (nSPS) is 9.76. The van der Waals surface area contributed by atoms with Crippen LogP contribution in [0.5, 0.6) is 0 Å². The molecule has 0 fully saturated rings. The smallest absolute Gasteiger partial charge is 0.239 e. The minimum Gasteiger partial charge on any atom is -0.355 e. The average Bonchev–Trinajstić information content (AvgIpc) is 2.30. The van der Waals surface area contributed by atoms with E-state index in [1.54, 1.807) is 0 Å². The molecule has 2 amide bonds. The first-order valence-electron chi connectivity index (χ1n) is 5.43. The molecule has 92 valence electrons. The van der Waals surface area contributed by atoms with Crippen molar-refractivity contribution < 1.29 is 9.59 Å². The highest BCUT2D eigenvalue weighted by molar-refractivity contribution is 7.80. The molecule has 0 atom stereocenters. The summed E-state index contributed by atoms with van der Waals surface area (Å²) in [5.41, 5.74) is 0.899. The Labute approximate surface area is 106 Å². The first kappa shape index (κ1) is 13.6. The topological polar surface area (TPSA) is 58.2 Å². The summed E-state index contributed by atoms with van der Waals surface area (Å²) in [6.45, 7) is 2.42. The molecule has 0 aliphatic carbocycles. The van der Waals surface area contributed by atoms with E-state index in [2.05, 4.69) is 23.3 Å². The molecule has 0 saturated carbocycles. The van der Waals surface area contributed by atoms with Gasteiger partial charge in [-0.3, -0.25) is 9.59 Å². The summed E-state index contributed by atoms with van der Waals surface area (Å²) in [5.74, 6) is -0.338. The molecular weight excluding hydrogens is 236 g/mol. The average molecular weight is 252 g/mol. The van der Waals surface area contributed by atoms with Gasteiger partial charge in [0, 0.05) is 11.4 Å². The number of carbonyl (C=O) groups excluding carboxylic acids is 2. The molecule has 17 heavy (non-hydrogen) atoms. The summed E-state index contributed by atoms with van der Waals surface area (Å²) in [6.07, 6.45) is 0.271. The molecule has 0 saturated heterocycles. The molecule has 2 N–H and O–H groups in total. The van der Waals surface area contributed by atoms with Crippen molar-refractivity contribution in [2.75, 3.05) is 13.1 Å². The molecule has 1 aromatic carbocycles. The van der Waals surface area contributed by atoms with E-state index in [1.165, 1.54) is 0 Å². The van der Waals surface area contributed by atoms with E-state index >= 15 is 0 Å². The van der Waals surface area contributed by atoms with Gasteiger partial charge in [-0.1, -0.05) is 12.1 Å². The van der Waals surface area contributed by atoms with Gasteiger partial charge in [0.2, 0.25) is 11.8 Å². The van der Waals surface area contributed by atoms with Crippen LogP contribution in [0.4, 0.5) is 0 Å². The molecule has 0 radical (unpaired) electrons. The lowest BCUT2D eigenvalue weighted by Gasteiger charge is -2.05. The largest absolute Gasteiger partial charge is 0.355 e. The van der Waals surface area contributed by atoms with Crippen LogP contribution in [-0.4, -0.2) is 24.9 Å². The number of carbonyl (C=O) groups is 2. The van der Waals surface area contributed by atoms with Crippen molar-refractivity contribution in [3.05, 3.63) is 29.8 Å². The Bertz CT molecular complexity index is 390. The second-order valence-electron chi connectivity index (χ2n) is 3.57. The van der Waals surface area contributed by atoms with E-state index in [0.717, 1.165) is 10.5 Å². The fourth-order valence-corrected chi connectivity index (χ4v) is 1.45. The number of likely N-dealkylation sites (N-methyl/N-ethyl adjacent to an activating group) is 1. The molecule has 0 unspecified atom stereocenters. The molecule has 1 aromatic rings. The Morgan fingerprint density at radius 3 is 2.35 bits per heavy atom. The van der Waals surface area contributed by atoms with Crippen molar-refractivity contribution in [1.82, 2.24) is 10.6 Å². The number of nitrogens with one attached hydrogen (secondary N) is 2. The summed E-state index contributed by atoms with van der Waals surface area (Å²) < 4.78 is 0. The van der Waals surface area contributed by atoms with E-state index in [-0.39, 0.29) is 24.8 Å². The number of thiol groups is 1. The predicted octanol–water partition coefficient (Wildman–Crippen LogP) is 0.770. The van der Waals surface area contributed by atoms with Crippen LogP contribution in [0.2, 0.25) is 0 Å². The lowest BCUT2D eigenvalue weighted by Crippen LogP contribution is -2.37. The SMILES string of the molecule is CCNC(=O)CNC(=O)Cc1ccc(S)cc1. The van der Waals surface area contributed by atoms with Crippen LogP contribution >= 0.6 is 12.6 Å². The summed E-state index contributed by atoms with van der Waals surface area (Å²) in [6, 6.07) is 7.34. The van der Waals surface area contributed by atoms with E-state index in [0.29, 0.717) is 6.54 Å². The van der Waals surface area contributed by atoms with Crippen molar-refractivity contribution in [3.8, 4) is 0 Å². The van der Waals surface area contributed by atoms with Gasteiger partial charge in [0.15, 0.2) is 0 Å². The number of rotatable bonds is 5. The predicted molar refractivity (Wildman–Crippen MR) is 69.1 cm³/mol. The van der Waals surface area contributed by atoms with Crippen LogP contribution < -0.4 is 10.6 Å². The summed E-state index contributed by atoms with van der Waals surface area (Å²) in [7, 11) is 0. The Kier molecular flexibility index (Phi) is 5.56. The van der Waals surface area contributed by atoms with Crippen LogP contribution in [0.1, 0.15) is 12.5 Å². The van der Waals surface area contributed by atoms with Gasteiger partial charge in [-0.15, -0.1) is 12.6 Å². The second-order valence-corrected chi connectivity index (χ2v) is 4.09. The van der Waals surface area contributed by atoms with Gasteiger partial charge in [0.05, 0.1) is 13.0 Å². The summed E-state index contributed by atoms with van der Waals surface area (Å²) in [5, 5.41) is 5.17. The standard InChI is InChI=1S/C12H16N2O2S/c1-2-13-12(16)8-14-11(15)7-9-3-5-10(17)6-4-9/h3-6,17H,2,7-8H2,1H3,(H,13,16)(H,14,15). The van der Waals surface area contributed by atoms with Crippen molar-refractivity contribution in [3.63, 3.8) is 0 Å². The quantitative estimate of drug-likeness (QED) is 0.678. The van der Waals surface area contributed by atoms with E-state index in [9.17, 15) is 9.59 Å². The maximum Gasteiger partial charge on any atom is 0.239 e. The summed E-state index contributed by atoms with van der Waals surface area (Å²) in [4.78, 5) is 23.5. The highest BCUT2D eigenvalue weighted by Gasteiger charge is 2.05. The maximum absolute atomic E-state index is 11.5. The zero-order valence-electron chi connectivity index (χ0n) is 9.69. The van der Waals surface area contributed by atoms with Crippen molar-refractivity contribution in [2.24, 2.45) is 0 Å². The molecule has 0 aliphatic rings. The lowest BCUT2D eigenvalue weighted by molar-refractivity contribution is -0.125. The molecule has 0 aromatic heterocycles. The van der Waals surface area contributed by atoms with Crippen LogP contribution in [-0.2, 0) is 16.0 Å². The monoisotopic (exact) mass is 252 g/mol. The van der Waals surface area contributed by atoms with Crippen LogP contribution in [0, 0.1) is 0 Å². The maximum atomic E-state index is 11.5. The zero-order chi connectivity index (χ0) is 12.7. The van der Waals surface area contributed by atoms with Gasteiger partial charge in [0.25, 0.3) is 0 Å². The minimum atomic E-state index is -0.174. The minimum absolute atomic E-state index is 0.0251. The van der Waals surface area contributed by atoms with Crippen molar-refractivity contribution in [1.29, 1.82) is 0 Å². The number of amides is 2. The molecule has 4 nitrogen and oxygen atoms in total. The third-order valence-corrected chi connectivity index (χ3v) is 2.42. The fourth-order valence-electron chi connectivity index (χ4n) is 1.30. The third-order valence-electron chi connectivity index (χ3n) is 2.12. The van der Waals surface area contributed by atoms with Gasteiger partial charge in [-0.25, -0.2) is 0 Å². The van der Waals surface area contributed by atoms with Gasteiger partial charge >= 0.3 is 0 Å². The third kappa shape index (κ3) is 5.40. The van der Waals surface area contributed by atoms with Crippen LogP contribution in [0.15, 0.2) is 29.2 Å². The molecule has 0 aliphatic heterocycles. The first-order chi connectivity index (χ1) is 8.11. The van der Waals surface area contributed by atoms with Crippen LogP contribution in [0.25, 0.3) is 0 Å². The van der Waals surface area contributed by atoms with Gasteiger partial charge in [-0.05, 0) is 24.6 Å². The number of hydrogen-bond acceptors (Lipinski definition) is 3. The molecule has 5 heteroatoms. The van der Waals surface area contributed by atoms with E-state index < -0.39 is 0 Å². The Morgan fingerprint density at radius 1 is 1.12 bits per heavy atom. The van der Waals surface area contributed by atoms with Gasteiger partial charge < -0.3 is 10.6 Å². The van der Waals surface area contributed by atoms with Crippen molar-refractivity contribution in [2.45, 2.75) is 18.2 Å². The molecule has 0 spiro atoms. The van der Waals surface area contributed by atoms with Gasteiger partial charge in [0.1, 0.15) is 0 Å². The number of hydrogen-bond donors (Lipinski definition) is 3. The van der Waals surface area contributed by atoms with Crippen LogP contribution in [0.3, 0.4) is 0 Å². The highest BCUT2D eigenvalue weighted by Crippen LogP contribution is 2.07. The Balaban J connectivity index is 2.34. The highest BCUT2D eigenvalue weighted by atomic mass is 32.1. The number of benzene rings is 1. The molecule has 0 heterocycles. The molecule has 1 rings (SSSR count). The van der Waals surface area contributed by atoms with E-state index in [4.69, 9.17) is 0 Å². The second kappa shape index (κ2) is 6.96. The molecule has 0 bridgehead atoms. The summed E-state index contributed by atoms with van der Waals surface area (Å²) >= 11 is 4.16. The zero-order valence-corrected chi connectivity index (χ0v) is 10.6. The van der Waals surface area contributed by atoms with Crippen molar-refractivity contribution >= 4 is 24.4 Å². The fraction of sp³-hybridized carbons (Fsp3) is 0.333. The Morgan fingerprint density at radius 2 is 1.76 bits per heavy atom. The van der Waals surface area contributed by atoms with Gasteiger partial charge in [-0.2, -0.15) is 0 Å². The first-order valence-corrected chi connectivity index (χ1v) is 5.88. The van der Waals surface area contributed by atoms with E-state index in [1.807, 2.05) is 31.2 Å². The Hall–Kier alpha value is -1.49. The molecular formula is C12H16N2O2S.